The van der Waals surface area contributed by atoms with Crippen molar-refractivity contribution >= 4 is 5.69 Å². The lowest BCUT2D eigenvalue weighted by molar-refractivity contribution is -0.384. The van der Waals surface area contributed by atoms with Gasteiger partial charge in [-0.25, -0.2) is 0 Å². The minimum atomic E-state index is -0.398. The third-order valence-corrected chi connectivity index (χ3v) is 2.37. The Labute approximate surface area is 107 Å². The molecule has 5 heteroatoms. The van der Waals surface area contributed by atoms with Gasteiger partial charge in [0.25, 0.3) is 5.69 Å². The molecule has 0 saturated heterocycles. The lowest BCUT2D eigenvalue weighted by Crippen LogP contribution is -2.19. The maximum Gasteiger partial charge on any atom is 0.269 e. The van der Waals surface area contributed by atoms with Crippen molar-refractivity contribution in [1.82, 2.24) is 5.32 Å². The Hall–Kier alpha value is -1.72. The molecule has 1 rings (SSSR count). The zero-order valence-electron chi connectivity index (χ0n) is 10.3. The van der Waals surface area contributed by atoms with Crippen molar-refractivity contribution in [2.24, 2.45) is 0 Å². The van der Waals surface area contributed by atoms with E-state index < -0.39 is 4.92 Å². The Morgan fingerprint density at radius 2 is 2.06 bits per heavy atom. The standard InChI is InChI=1S/C13H18N2O3/c1-2-3-9-18-10-8-14-11-12-4-6-13(7-5-12)15(16)17/h2,4-7,14H,1,3,8-11H2. The van der Waals surface area contributed by atoms with E-state index in [1.165, 1.54) is 12.1 Å². The number of rotatable bonds is 9. The summed E-state index contributed by atoms with van der Waals surface area (Å²) >= 11 is 0. The fourth-order valence-corrected chi connectivity index (χ4v) is 1.38. The van der Waals surface area contributed by atoms with Crippen molar-refractivity contribution in [2.75, 3.05) is 19.8 Å². The largest absolute Gasteiger partial charge is 0.380 e. The molecular formula is C13H18N2O3. The molecule has 98 valence electrons. The van der Waals surface area contributed by atoms with E-state index in [1.807, 2.05) is 6.08 Å². The minimum Gasteiger partial charge on any atom is -0.380 e. The van der Waals surface area contributed by atoms with E-state index in [1.54, 1.807) is 12.1 Å². The molecule has 0 aliphatic rings. The van der Waals surface area contributed by atoms with Crippen LogP contribution in [0.25, 0.3) is 0 Å². The number of ether oxygens (including phenoxy) is 1. The zero-order valence-corrected chi connectivity index (χ0v) is 10.3. The van der Waals surface area contributed by atoms with Crippen LogP contribution in [0, 0.1) is 10.1 Å². The maximum atomic E-state index is 10.5. The van der Waals surface area contributed by atoms with E-state index in [0.717, 1.165) is 18.5 Å². The SMILES string of the molecule is C=CCCOCCNCc1ccc([N+](=O)[O-])cc1. The van der Waals surface area contributed by atoms with Gasteiger partial charge in [-0.2, -0.15) is 0 Å². The van der Waals surface area contributed by atoms with Crippen LogP contribution < -0.4 is 5.32 Å². The van der Waals surface area contributed by atoms with Gasteiger partial charge in [0.15, 0.2) is 0 Å². The molecular weight excluding hydrogens is 232 g/mol. The molecule has 1 aromatic rings. The summed E-state index contributed by atoms with van der Waals surface area (Å²) in [7, 11) is 0. The summed E-state index contributed by atoms with van der Waals surface area (Å²) < 4.78 is 5.34. The second-order valence-electron chi connectivity index (χ2n) is 3.79. The molecule has 18 heavy (non-hydrogen) atoms. The van der Waals surface area contributed by atoms with Gasteiger partial charge in [-0.1, -0.05) is 18.2 Å². The van der Waals surface area contributed by atoms with Gasteiger partial charge in [0.2, 0.25) is 0 Å². The average molecular weight is 250 g/mol. The molecule has 0 aliphatic heterocycles. The van der Waals surface area contributed by atoms with Crippen molar-refractivity contribution in [2.45, 2.75) is 13.0 Å². The Kier molecular flexibility index (Phi) is 6.68. The second kappa shape index (κ2) is 8.38. The molecule has 0 heterocycles. The smallest absolute Gasteiger partial charge is 0.269 e. The van der Waals surface area contributed by atoms with Crippen molar-refractivity contribution in [1.29, 1.82) is 0 Å². The van der Waals surface area contributed by atoms with Gasteiger partial charge in [0.05, 0.1) is 18.1 Å². The van der Waals surface area contributed by atoms with Crippen LogP contribution in [0.3, 0.4) is 0 Å². The van der Waals surface area contributed by atoms with Crippen LogP contribution in [0.2, 0.25) is 0 Å². The van der Waals surface area contributed by atoms with E-state index in [2.05, 4.69) is 11.9 Å². The molecule has 0 radical (unpaired) electrons. The van der Waals surface area contributed by atoms with Crippen LogP contribution in [0.15, 0.2) is 36.9 Å². The first kappa shape index (κ1) is 14.3. The van der Waals surface area contributed by atoms with E-state index in [4.69, 9.17) is 4.74 Å². The number of nitro benzene ring substituents is 1. The first-order valence-electron chi connectivity index (χ1n) is 5.86. The predicted molar refractivity (Wildman–Crippen MR) is 70.4 cm³/mol. The topological polar surface area (TPSA) is 64.4 Å². The number of non-ortho nitro benzene ring substituents is 1. The number of hydrogen-bond acceptors (Lipinski definition) is 4. The van der Waals surface area contributed by atoms with E-state index in [9.17, 15) is 10.1 Å². The van der Waals surface area contributed by atoms with Crippen molar-refractivity contribution in [3.05, 3.63) is 52.6 Å². The molecule has 0 fully saturated rings. The fraction of sp³-hybridized carbons (Fsp3) is 0.385. The zero-order chi connectivity index (χ0) is 13.2. The predicted octanol–water partition coefficient (Wildman–Crippen LogP) is 2.28. The number of nitrogens with zero attached hydrogens (tertiary/aromatic N) is 1. The van der Waals surface area contributed by atoms with Gasteiger partial charge in [0, 0.05) is 25.2 Å². The first-order chi connectivity index (χ1) is 8.74. The molecule has 5 nitrogen and oxygen atoms in total. The molecule has 0 unspecified atom stereocenters. The molecule has 0 aromatic heterocycles. The van der Waals surface area contributed by atoms with Crippen LogP contribution in [-0.2, 0) is 11.3 Å². The molecule has 0 aliphatic carbocycles. The Morgan fingerprint density at radius 3 is 2.67 bits per heavy atom. The molecule has 0 atom stereocenters. The Balaban J connectivity index is 2.15. The van der Waals surface area contributed by atoms with Gasteiger partial charge in [0.1, 0.15) is 0 Å². The summed E-state index contributed by atoms with van der Waals surface area (Å²) in [6.45, 7) is 6.40. The third-order valence-electron chi connectivity index (χ3n) is 2.37. The second-order valence-corrected chi connectivity index (χ2v) is 3.79. The third kappa shape index (κ3) is 5.56. The molecule has 0 spiro atoms. The van der Waals surface area contributed by atoms with Gasteiger partial charge in [-0.3, -0.25) is 10.1 Å². The molecule has 1 N–H and O–H groups in total. The van der Waals surface area contributed by atoms with Crippen molar-refractivity contribution in [3.63, 3.8) is 0 Å². The highest BCUT2D eigenvalue weighted by atomic mass is 16.6. The summed E-state index contributed by atoms with van der Waals surface area (Å²) in [5, 5.41) is 13.7. The minimum absolute atomic E-state index is 0.117. The summed E-state index contributed by atoms with van der Waals surface area (Å²) in [6.07, 6.45) is 2.69. The summed E-state index contributed by atoms with van der Waals surface area (Å²) in [5.41, 5.74) is 1.14. The first-order valence-corrected chi connectivity index (χ1v) is 5.86. The van der Waals surface area contributed by atoms with Crippen molar-refractivity contribution < 1.29 is 9.66 Å². The average Bonchev–Trinajstić information content (AvgIpc) is 2.38. The molecule has 0 amide bonds. The number of nitrogens with one attached hydrogen (secondary N) is 1. The lowest BCUT2D eigenvalue weighted by Gasteiger charge is -2.05. The van der Waals surface area contributed by atoms with E-state index in [-0.39, 0.29) is 5.69 Å². The molecule has 0 saturated carbocycles. The highest BCUT2D eigenvalue weighted by Gasteiger charge is 2.03. The number of benzene rings is 1. The Bertz CT molecular complexity index is 376. The van der Waals surface area contributed by atoms with E-state index >= 15 is 0 Å². The van der Waals surface area contributed by atoms with Gasteiger partial charge in [-0.15, -0.1) is 6.58 Å². The normalized spacial score (nSPS) is 10.2. The van der Waals surface area contributed by atoms with Gasteiger partial charge in [-0.05, 0) is 12.0 Å². The molecule has 1 aromatic carbocycles. The van der Waals surface area contributed by atoms with Gasteiger partial charge < -0.3 is 10.1 Å². The van der Waals surface area contributed by atoms with E-state index in [0.29, 0.717) is 19.8 Å². The van der Waals surface area contributed by atoms with Crippen LogP contribution in [-0.4, -0.2) is 24.7 Å². The molecule has 0 bridgehead atoms. The van der Waals surface area contributed by atoms with Crippen LogP contribution in [0.5, 0.6) is 0 Å². The summed E-state index contributed by atoms with van der Waals surface area (Å²) in [6, 6.07) is 6.53. The fourth-order valence-electron chi connectivity index (χ4n) is 1.38. The van der Waals surface area contributed by atoms with Crippen LogP contribution in [0.4, 0.5) is 5.69 Å². The highest BCUT2D eigenvalue weighted by Crippen LogP contribution is 2.11. The number of nitro groups is 1. The quantitative estimate of drug-likeness (QED) is 0.316. The van der Waals surface area contributed by atoms with Gasteiger partial charge >= 0.3 is 0 Å². The maximum absolute atomic E-state index is 10.5. The van der Waals surface area contributed by atoms with Crippen LogP contribution in [0.1, 0.15) is 12.0 Å². The monoisotopic (exact) mass is 250 g/mol. The number of hydrogen-bond donors (Lipinski definition) is 1. The Morgan fingerprint density at radius 1 is 1.33 bits per heavy atom. The summed E-state index contributed by atoms with van der Waals surface area (Å²) in [5.74, 6) is 0. The summed E-state index contributed by atoms with van der Waals surface area (Å²) in [4.78, 5) is 10.1. The lowest BCUT2D eigenvalue weighted by atomic mass is 10.2. The van der Waals surface area contributed by atoms with Crippen LogP contribution >= 0.6 is 0 Å². The van der Waals surface area contributed by atoms with Crippen molar-refractivity contribution in [3.8, 4) is 0 Å². The highest BCUT2D eigenvalue weighted by molar-refractivity contribution is 5.32.